The first-order chi connectivity index (χ1) is 13.5. The van der Waals surface area contributed by atoms with Crippen LogP contribution < -0.4 is 5.32 Å². The molecule has 5 nitrogen and oxygen atoms in total. The van der Waals surface area contributed by atoms with Crippen LogP contribution in [-0.4, -0.2) is 48.0 Å². The van der Waals surface area contributed by atoms with E-state index < -0.39 is 23.9 Å². The highest BCUT2D eigenvalue weighted by Gasteiger charge is 2.45. The first-order valence-corrected chi connectivity index (χ1v) is 9.87. The number of allylic oxidation sites excluding steroid dienone is 2. The first kappa shape index (κ1) is 23.0. The Morgan fingerprint density at radius 1 is 1.34 bits per heavy atom. The second-order valence-electron chi connectivity index (χ2n) is 8.12. The molecule has 2 aliphatic rings. The molecule has 0 spiro atoms. The summed E-state index contributed by atoms with van der Waals surface area (Å²) >= 11 is 0. The third-order valence-corrected chi connectivity index (χ3v) is 4.42. The third-order valence-electron chi connectivity index (χ3n) is 4.42. The van der Waals surface area contributed by atoms with Crippen molar-refractivity contribution in [3.63, 3.8) is 0 Å². The topological polar surface area (TPSA) is 50.8 Å². The molecular weight excluding hydrogens is 385 g/mol. The van der Waals surface area contributed by atoms with Crippen LogP contribution >= 0.6 is 0 Å². The summed E-state index contributed by atoms with van der Waals surface area (Å²) in [5.41, 5.74) is -0.194. The van der Waals surface area contributed by atoms with Crippen molar-refractivity contribution in [2.45, 2.75) is 77.2 Å². The molecule has 1 fully saturated rings. The van der Waals surface area contributed by atoms with E-state index in [1.54, 1.807) is 20.8 Å². The Bertz CT molecular complexity index is 711. The summed E-state index contributed by atoms with van der Waals surface area (Å²) < 4.78 is 50.9. The zero-order valence-electron chi connectivity index (χ0n) is 17.4. The first-order valence-electron chi connectivity index (χ1n) is 9.87. The van der Waals surface area contributed by atoms with E-state index in [0.29, 0.717) is 25.0 Å². The van der Waals surface area contributed by atoms with E-state index in [0.717, 1.165) is 12.8 Å². The maximum Gasteiger partial charge on any atom is 0.415 e. The Morgan fingerprint density at radius 3 is 2.62 bits per heavy atom. The second kappa shape index (κ2) is 9.47. The lowest BCUT2D eigenvalue weighted by molar-refractivity contribution is -0.154. The predicted molar refractivity (Wildman–Crippen MR) is 104 cm³/mol. The summed E-state index contributed by atoms with van der Waals surface area (Å²) in [6.45, 7) is 7.80. The van der Waals surface area contributed by atoms with Gasteiger partial charge in [-0.15, -0.1) is 0 Å². The van der Waals surface area contributed by atoms with E-state index in [9.17, 15) is 18.0 Å². The average Bonchev–Trinajstić information content (AvgIpc) is 2.55. The summed E-state index contributed by atoms with van der Waals surface area (Å²) in [5.74, 6) is 5.58. The number of likely N-dealkylation sites (tertiary alicyclic amines) is 1. The van der Waals surface area contributed by atoms with Crippen LogP contribution in [0.3, 0.4) is 0 Å². The van der Waals surface area contributed by atoms with Crippen LogP contribution in [0.5, 0.6) is 0 Å². The van der Waals surface area contributed by atoms with Crippen LogP contribution in [0.2, 0.25) is 0 Å². The number of hydrogen-bond donors (Lipinski definition) is 1. The number of halogens is 3. The van der Waals surface area contributed by atoms with Crippen molar-refractivity contribution in [1.82, 2.24) is 10.2 Å². The van der Waals surface area contributed by atoms with Crippen LogP contribution in [0.25, 0.3) is 0 Å². The molecule has 2 aliphatic heterocycles. The summed E-state index contributed by atoms with van der Waals surface area (Å²) in [4.78, 5) is 13.6. The molecule has 1 N–H and O–H groups in total. The van der Waals surface area contributed by atoms with Crippen molar-refractivity contribution in [2.24, 2.45) is 0 Å². The monoisotopic (exact) mass is 414 g/mol. The highest BCUT2D eigenvalue weighted by Crippen LogP contribution is 2.30. The lowest BCUT2D eigenvalue weighted by atomic mass is 10.0. The van der Waals surface area contributed by atoms with Gasteiger partial charge in [-0.05, 0) is 39.7 Å². The number of ether oxygens (including phenoxy) is 2. The molecule has 0 bridgehead atoms. The number of carbonyl (C=O) groups excluding carboxylic acids is 1. The average molecular weight is 414 g/mol. The molecule has 0 aromatic carbocycles. The minimum atomic E-state index is -4.51. The fourth-order valence-electron chi connectivity index (χ4n) is 2.78. The SMILES string of the molecule is CCCCC#CC1=CNC(C(F)(F)F)C(OC[C@@H]2CCN2C(=O)OC(C)(C)C)=C1. The molecule has 0 aromatic rings. The Balaban J connectivity index is 2.02. The molecule has 2 heterocycles. The molecule has 1 saturated heterocycles. The van der Waals surface area contributed by atoms with E-state index in [1.165, 1.54) is 17.2 Å². The maximum absolute atomic E-state index is 13.3. The predicted octanol–water partition coefficient (Wildman–Crippen LogP) is 4.51. The zero-order chi connectivity index (χ0) is 21.7. The minimum absolute atomic E-state index is 0.0319. The van der Waals surface area contributed by atoms with Gasteiger partial charge >= 0.3 is 12.3 Å². The number of nitrogens with one attached hydrogen (secondary N) is 1. The minimum Gasteiger partial charge on any atom is -0.493 e. The van der Waals surface area contributed by atoms with Gasteiger partial charge in [0.05, 0.1) is 6.04 Å². The molecule has 2 rings (SSSR count). The van der Waals surface area contributed by atoms with Gasteiger partial charge in [0, 0.05) is 24.7 Å². The van der Waals surface area contributed by atoms with Crippen molar-refractivity contribution in [1.29, 1.82) is 0 Å². The lowest BCUT2D eigenvalue weighted by Gasteiger charge is -2.41. The standard InChI is InChI=1S/C21H29F3N2O3/c1-5-6-7-8-9-15-12-17(18(25-13-15)21(22,23)24)28-14-16-10-11-26(16)19(27)29-20(2,3)4/h12-13,16,18,25H,5-7,10-11,14H2,1-4H3/t16-,18?/m0/s1. The zero-order valence-corrected chi connectivity index (χ0v) is 17.4. The Hall–Kier alpha value is -2.30. The Kier molecular flexibility index (Phi) is 7.50. The molecular formula is C21H29F3N2O3. The third kappa shape index (κ3) is 6.91. The van der Waals surface area contributed by atoms with Gasteiger partial charge in [-0.3, -0.25) is 0 Å². The maximum atomic E-state index is 13.3. The number of nitrogens with zero attached hydrogens (tertiary/aromatic N) is 1. The number of hydrogen-bond acceptors (Lipinski definition) is 4. The molecule has 1 amide bonds. The summed E-state index contributed by atoms with van der Waals surface area (Å²) in [7, 11) is 0. The fraction of sp³-hybridized carbons (Fsp3) is 0.667. The van der Waals surface area contributed by atoms with Crippen molar-refractivity contribution < 1.29 is 27.4 Å². The molecule has 0 saturated carbocycles. The molecule has 8 heteroatoms. The van der Waals surface area contributed by atoms with Gasteiger partial charge in [0.1, 0.15) is 18.0 Å². The summed E-state index contributed by atoms with van der Waals surface area (Å²) in [6, 6.07) is -2.25. The lowest BCUT2D eigenvalue weighted by Crippen LogP contribution is -2.55. The van der Waals surface area contributed by atoms with Gasteiger partial charge in [-0.2, -0.15) is 13.2 Å². The van der Waals surface area contributed by atoms with E-state index >= 15 is 0 Å². The molecule has 162 valence electrons. The van der Waals surface area contributed by atoms with Crippen molar-refractivity contribution in [3.8, 4) is 11.8 Å². The van der Waals surface area contributed by atoms with Crippen molar-refractivity contribution >= 4 is 6.09 Å². The molecule has 0 radical (unpaired) electrons. The highest BCUT2D eigenvalue weighted by molar-refractivity contribution is 5.69. The van der Waals surface area contributed by atoms with Gasteiger partial charge in [0.2, 0.25) is 0 Å². The number of alkyl halides is 3. The number of amides is 1. The van der Waals surface area contributed by atoms with Crippen LogP contribution in [-0.2, 0) is 9.47 Å². The number of carbonyl (C=O) groups is 1. The van der Waals surface area contributed by atoms with Gasteiger partial charge < -0.3 is 19.7 Å². The normalized spacial score (nSPS) is 21.7. The van der Waals surface area contributed by atoms with Crippen molar-refractivity contribution in [3.05, 3.63) is 23.6 Å². The van der Waals surface area contributed by atoms with Crippen molar-refractivity contribution in [2.75, 3.05) is 13.2 Å². The van der Waals surface area contributed by atoms with Crippen LogP contribution in [0.4, 0.5) is 18.0 Å². The van der Waals surface area contributed by atoms with Gasteiger partial charge in [-0.1, -0.05) is 25.2 Å². The van der Waals surface area contributed by atoms with Crippen LogP contribution in [0.15, 0.2) is 23.6 Å². The number of rotatable bonds is 5. The molecule has 29 heavy (non-hydrogen) atoms. The molecule has 2 atom stereocenters. The largest absolute Gasteiger partial charge is 0.493 e. The number of dihydropyridines is 1. The van der Waals surface area contributed by atoms with E-state index in [2.05, 4.69) is 17.2 Å². The second-order valence-corrected chi connectivity index (χ2v) is 8.12. The summed E-state index contributed by atoms with van der Waals surface area (Å²) in [5, 5.41) is 2.34. The quantitative estimate of drug-likeness (QED) is 0.531. The van der Waals surface area contributed by atoms with Gasteiger partial charge in [0.25, 0.3) is 0 Å². The van der Waals surface area contributed by atoms with Gasteiger partial charge in [-0.25, -0.2) is 4.79 Å². The smallest absolute Gasteiger partial charge is 0.415 e. The van der Waals surface area contributed by atoms with E-state index in [4.69, 9.17) is 9.47 Å². The summed E-state index contributed by atoms with van der Waals surface area (Å²) in [6.07, 6.45) is 0.876. The van der Waals surface area contributed by atoms with E-state index in [1.807, 2.05) is 6.92 Å². The molecule has 1 unspecified atom stereocenters. The fourth-order valence-corrected chi connectivity index (χ4v) is 2.78. The van der Waals surface area contributed by atoms with Gasteiger partial charge in [0.15, 0.2) is 6.04 Å². The molecule has 0 aliphatic carbocycles. The Morgan fingerprint density at radius 2 is 2.07 bits per heavy atom. The Labute approximate surface area is 170 Å². The highest BCUT2D eigenvalue weighted by atomic mass is 19.4. The molecule has 0 aromatic heterocycles. The van der Waals surface area contributed by atoms with Crippen LogP contribution in [0.1, 0.15) is 53.4 Å². The number of unbranched alkanes of at least 4 members (excludes halogenated alkanes) is 2. The van der Waals surface area contributed by atoms with Crippen LogP contribution in [0, 0.1) is 11.8 Å². The van der Waals surface area contributed by atoms with E-state index in [-0.39, 0.29) is 18.4 Å².